The molecule has 98 valence electrons. The standard InChI is InChI=1S/C10H20N4O3/c1-6(2)4-7(9(16)17)13-8(15)5-14(3)10(11)12/h6-7H,4-5H2,1-3H3,(H3,11,12)(H,13,15)(H,16,17)/t7-/m0/s1. The van der Waals surface area contributed by atoms with Gasteiger partial charge in [-0.25, -0.2) is 4.79 Å². The lowest BCUT2D eigenvalue weighted by Gasteiger charge is -2.20. The predicted octanol–water partition coefficient (Wildman–Crippen LogP) is -0.573. The summed E-state index contributed by atoms with van der Waals surface area (Å²) in [5, 5.41) is 18.4. The maximum Gasteiger partial charge on any atom is 0.326 e. The summed E-state index contributed by atoms with van der Waals surface area (Å²) in [6.07, 6.45) is 0.366. The number of nitrogens with zero attached hydrogens (tertiary/aromatic N) is 1. The van der Waals surface area contributed by atoms with Gasteiger partial charge in [0.1, 0.15) is 6.04 Å². The topological polar surface area (TPSA) is 120 Å². The second kappa shape index (κ2) is 6.72. The number of aliphatic carboxylic acids is 1. The van der Waals surface area contributed by atoms with Gasteiger partial charge in [0.15, 0.2) is 5.96 Å². The lowest BCUT2D eigenvalue weighted by Crippen LogP contribution is -2.47. The first kappa shape index (κ1) is 15.2. The van der Waals surface area contributed by atoms with E-state index in [0.29, 0.717) is 6.42 Å². The molecule has 1 atom stereocenters. The zero-order valence-corrected chi connectivity index (χ0v) is 10.4. The molecule has 0 fully saturated rings. The Kier molecular flexibility index (Phi) is 6.01. The highest BCUT2D eigenvalue weighted by molar-refractivity contribution is 5.87. The van der Waals surface area contributed by atoms with E-state index in [0.717, 1.165) is 0 Å². The van der Waals surface area contributed by atoms with Gasteiger partial charge in [0.25, 0.3) is 0 Å². The minimum absolute atomic E-state index is 0.128. The Morgan fingerprint density at radius 2 is 2.00 bits per heavy atom. The summed E-state index contributed by atoms with van der Waals surface area (Å²) < 4.78 is 0. The summed E-state index contributed by atoms with van der Waals surface area (Å²) in [6, 6.07) is -0.900. The number of carbonyl (C=O) groups excluding carboxylic acids is 1. The van der Waals surface area contributed by atoms with Crippen LogP contribution < -0.4 is 11.1 Å². The van der Waals surface area contributed by atoms with Gasteiger partial charge in [0.05, 0.1) is 6.54 Å². The SMILES string of the molecule is CC(C)C[C@H](NC(=O)CN(C)C(=N)N)C(=O)O. The van der Waals surface area contributed by atoms with E-state index in [1.54, 1.807) is 0 Å². The van der Waals surface area contributed by atoms with Crippen LogP contribution in [0.5, 0.6) is 0 Å². The van der Waals surface area contributed by atoms with E-state index < -0.39 is 17.9 Å². The first-order valence-electron chi connectivity index (χ1n) is 5.31. The van der Waals surface area contributed by atoms with Gasteiger partial charge in [0, 0.05) is 7.05 Å². The fraction of sp³-hybridized carbons (Fsp3) is 0.700. The zero-order valence-electron chi connectivity index (χ0n) is 10.4. The average molecular weight is 244 g/mol. The lowest BCUT2D eigenvalue weighted by molar-refractivity contribution is -0.142. The number of carboxylic acids is 1. The number of nitrogens with two attached hydrogens (primary N) is 1. The Bertz CT molecular complexity index is 304. The molecular formula is C10H20N4O3. The summed E-state index contributed by atoms with van der Waals surface area (Å²) in [7, 11) is 1.49. The summed E-state index contributed by atoms with van der Waals surface area (Å²) in [5.74, 6) is -1.59. The van der Waals surface area contributed by atoms with Crippen LogP contribution in [-0.2, 0) is 9.59 Å². The number of rotatable bonds is 6. The van der Waals surface area contributed by atoms with Crippen LogP contribution in [0.4, 0.5) is 0 Å². The van der Waals surface area contributed by atoms with Crippen molar-refractivity contribution in [1.82, 2.24) is 10.2 Å². The number of hydrogen-bond donors (Lipinski definition) is 4. The molecular weight excluding hydrogens is 224 g/mol. The Hall–Kier alpha value is -1.79. The highest BCUT2D eigenvalue weighted by Gasteiger charge is 2.21. The van der Waals surface area contributed by atoms with Crippen LogP contribution in [0.15, 0.2) is 0 Å². The molecule has 0 aromatic rings. The van der Waals surface area contributed by atoms with Crippen molar-refractivity contribution in [2.45, 2.75) is 26.3 Å². The van der Waals surface area contributed by atoms with Gasteiger partial charge in [-0.05, 0) is 12.3 Å². The van der Waals surface area contributed by atoms with Crippen molar-refractivity contribution in [3.8, 4) is 0 Å². The molecule has 0 heterocycles. The third-order valence-electron chi connectivity index (χ3n) is 2.13. The largest absolute Gasteiger partial charge is 0.480 e. The maximum absolute atomic E-state index is 11.5. The van der Waals surface area contributed by atoms with Gasteiger partial charge in [0.2, 0.25) is 5.91 Å². The molecule has 0 aromatic carbocycles. The van der Waals surface area contributed by atoms with Crippen molar-refractivity contribution in [3.05, 3.63) is 0 Å². The van der Waals surface area contributed by atoms with Gasteiger partial charge >= 0.3 is 5.97 Å². The molecule has 0 rings (SSSR count). The molecule has 0 bridgehead atoms. The number of carbonyl (C=O) groups is 2. The van der Waals surface area contributed by atoms with Crippen LogP contribution in [0.25, 0.3) is 0 Å². The van der Waals surface area contributed by atoms with E-state index in [2.05, 4.69) is 5.32 Å². The number of hydrogen-bond acceptors (Lipinski definition) is 3. The highest BCUT2D eigenvalue weighted by atomic mass is 16.4. The van der Waals surface area contributed by atoms with Crippen molar-refractivity contribution >= 4 is 17.8 Å². The number of amides is 1. The van der Waals surface area contributed by atoms with Crippen LogP contribution in [-0.4, -0.2) is 47.5 Å². The smallest absolute Gasteiger partial charge is 0.326 e. The summed E-state index contributed by atoms with van der Waals surface area (Å²) in [6.45, 7) is 3.63. The van der Waals surface area contributed by atoms with Crippen molar-refractivity contribution in [1.29, 1.82) is 5.41 Å². The van der Waals surface area contributed by atoms with Gasteiger partial charge in [-0.3, -0.25) is 10.2 Å². The average Bonchev–Trinajstić information content (AvgIpc) is 2.15. The molecule has 7 nitrogen and oxygen atoms in total. The molecule has 0 aliphatic heterocycles. The predicted molar refractivity (Wildman–Crippen MR) is 63.6 cm³/mol. The fourth-order valence-corrected chi connectivity index (χ4v) is 1.23. The molecule has 7 heteroatoms. The minimum Gasteiger partial charge on any atom is -0.480 e. The van der Waals surface area contributed by atoms with Crippen molar-refractivity contribution in [3.63, 3.8) is 0 Å². The summed E-state index contributed by atoms with van der Waals surface area (Å²) >= 11 is 0. The number of carboxylic acid groups (broad SMARTS) is 1. The van der Waals surface area contributed by atoms with Gasteiger partial charge in [-0.1, -0.05) is 13.8 Å². The molecule has 0 aromatic heterocycles. The van der Waals surface area contributed by atoms with Crippen LogP contribution in [0, 0.1) is 11.3 Å². The monoisotopic (exact) mass is 244 g/mol. The third kappa shape index (κ3) is 6.39. The van der Waals surface area contributed by atoms with Crippen LogP contribution in [0.2, 0.25) is 0 Å². The molecule has 5 N–H and O–H groups in total. The molecule has 0 saturated carbocycles. The zero-order chi connectivity index (χ0) is 13.6. The second-order valence-electron chi connectivity index (χ2n) is 4.33. The van der Waals surface area contributed by atoms with Crippen molar-refractivity contribution in [2.75, 3.05) is 13.6 Å². The normalized spacial score (nSPS) is 12.0. The van der Waals surface area contributed by atoms with E-state index in [1.165, 1.54) is 11.9 Å². The molecule has 0 spiro atoms. The number of likely N-dealkylation sites (N-methyl/N-ethyl adjacent to an activating group) is 1. The van der Waals surface area contributed by atoms with E-state index in [1.807, 2.05) is 13.8 Å². The van der Waals surface area contributed by atoms with Gasteiger partial charge in [-0.15, -0.1) is 0 Å². The Morgan fingerprint density at radius 3 is 2.35 bits per heavy atom. The Balaban J connectivity index is 4.31. The van der Waals surface area contributed by atoms with E-state index >= 15 is 0 Å². The molecule has 0 saturated heterocycles. The van der Waals surface area contributed by atoms with Crippen molar-refractivity contribution in [2.24, 2.45) is 11.7 Å². The van der Waals surface area contributed by atoms with Crippen LogP contribution in [0.3, 0.4) is 0 Å². The van der Waals surface area contributed by atoms with Crippen LogP contribution >= 0.6 is 0 Å². The lowest BCUT2D eigenvalue weighted by atomic mass is 10.0. The maximum atomic E-state index is 11.5. The highest BCUT2D eigenvalue weighted by Crippen LogP contribution is 2.04. The number of guanidine groups is 1. The van der Waals surface area contributed by atoms with Gasteiger partial charge in [-0.2, -0.15) is 0 Å². The molecule has 0 aliphatic carbocycles. The van der Waals surface area contributed by atoms with E-state index in [-0.39, 0.29) is 18.4 Å². The van der Waals surface area contributed by atoms with Crippen molar-refractivity contribution < 1.29 is 14.7 Å². The Morgan fingerprint density at radius 1 is 1.47 bits per heavy atom. The minimum atomic E-state index is -1.06. The molecule has 0 radical (unpaired) electrons. The van der Waals surface area contributed by atoms with E-state index in [4.69, 9.17) is 16.2 Å². The Labute approximate surface area is 100 Å². The number of nitrogens with one attached hydrogen (secondary N) is 2. The molecule has 17 heavy (non-hydrogen) atoms. The quantitative estimate of drug-likeness (QED) is 0.368. The molecule has 0 unspecified atom stereocenters. The van der Waals surface area contributed by atoms with Crippen LogP contribution in [0.1, 0.15) is 20.3 Å². The van der Waals surface area contributed by atoms with E-state index in [9.17, 15) is 9.59 Å². The molecule has 1 amide bonds. The molecule has 0 aliphatic rings. The summed E-state index contributed by atoms with van der Waals surface area (Å²) in [5.41, 5.74) is 5.17. The third-order valence-corrected chi connectivity index (χ3v) is 2.13. The summed E-state index contributed by atoms with van der Waals surface area (Å²) in [4.78, 5) is 23.6. The van der Waals surface area contributed by atoms with Gasteiger partial charge < -0.3 is 21.1 Å². The first-order chi connectivity index (χ1) is 7.73. The first-order valence-corrected chi connectivity index (χ1v) is 5.31. The fourth-order valence-electron chi connectivity index (χ4n) is 1.23. The second-order valence-corrected chi connectivity index (χ2v) is 4.33.